The van der Waals surface area contributed by atoms with Crippen molar-refractivity contribution < 1.29 is 14.0 Å². The topological polar surface area (TPSA) is 72.2 Å². The maximum atomic E-state index is 13.6. The molecule has 0 fully saturated rings. The number of carbonyl (C=O) groups is 2. The number of anilines is 1. The molecule has 1 aliphatic carbocycles. The molecular weight excluding hydrogens is 303 g/mol. The van der Waals surface area contributed by atoms with Crippen molar-refractivity contribution in [2.24, 2.45) is 5.73 Å². The summed E-state index contributed by atoms with van der Waals surface area (Å²) in [6.45, 7) is 1.38. The molecule has 1 aliphatic rings. The summed E-state index contributed by atoms with van der Waals surface area (Å²) in [4.78, 5) is 24.0. The number of fused-ring (bicyclic) bond motifs is 3. The first-order valence-corrected chi connectivity index (χ1v) is 7.81. The van der Waals surface area contributed by atoms with E-state index >= 15 is 0 Å². The zero-order valence-corrected chi connectivity index (χ0v) is 12.8. The number of nitrogens with two attached hydrogens (primary N) is 1. The molecule has 3 N–H and O–H groups in total. The largest absolute Gasteiger partial charge is 0.365 e. The number of carbonyl (C=O) groups excluding carboxylic acids is 2. The Kier molecular flexibility index (Phi) is 3.70. The summed E-state index contributed by atoms with van der Waals surface area (Å²) in [5, 5.41) is 3.11. The second-order valence-electron chi connectivity index (χ2n) is 5.31. The first-order chi connectivity index (χ1) is 10.5. The summed E-state index contributed by atoms with van der Waals surface area (Å²) in [6.07, 6.45) is 2.35. The molecule has 1 aromatic heterocycles. The van der Waals surface area contributed by atoms with E-state index in [-0.39, 0.29) is 11.7 Å². The fourth-order valence-electron chi connectivity index (χ4n) is 2.86. The Morgan fingerprint density at radius 3 is 2.77 bits per heavy atom. The number of hydrogen-bond acceptors (Lipinski definition) is 3. The average molecular weight is 318 g/mol. The van der Waals surface area contributed by atoms with Gasteiger partial charge in [0, 0.05) is 11.8 Å². The Balaban J connectivity index is 2.25. The van der Waals surface area contributed by atoms with E-state index in [0.29, 0.717) is 17.0 Å². The minimum absolute atomic E-state index is 0.265. The van der Waals surface area contributed by atoms with Gasteiger partial charge in [0.15, 0.2) is 0 Å². The van der Waals surface area contributed by atoms with Crippen LogP contribution in [0, 0.1) is 5.82 Å². The fourth-order valence-corrected chi connectivity index (χ4v) is 4.22. The second-order valence-corrected chi connectivity index (χ2v) is 6.33. The van der Waals surface area contributed by atoms with Crippen LogP contribution in [0.25, 0.3) is 10.4 Å². The zero-order valence-electron chi connectivity index (χ0n) is 12.0. The summed E-state index contributed by atoms with van der Waals surface area (Å²) >= 11 is 1.28. The third kappa shape index (κ3) is 2.50. The highest BCUT2D eigenvalue weighted by atomic mass is 32.1. The molecule has 22 heavy (non-hydrogen) atoms. The van der Waals surface area contributed by atoms with Crippen LogP contribution in [0.3, 0.4) is 0 Å². The number of amides is 2. The van der Waals surface area contributed by atoms with Gasteiger partial charge >= 0.3 is 0 Å². The number of aryl methyl sites for hydroxylation is 1. The van der Waals surface area contributed by atoms with E-state index in [2.05, 4.69) is 5.32 Å². The molecule has 1 aromatic carbocycles. The molecule has 3 rings (SSSR count). The summed E-state index contributed by atoms with van der Waals surface area (Å²) in [5.74, 6) is -1.15. The van der Waals surface area contributed by atoms with Crippen molar-refractivity contribution in [1.29, 1.82) is 0 Å². The lowest BCUT2D eigenvalue weighted by atomic mass is 10.0. The van der Waals surface area contributed by atoms with Crippen molar-refractivity contribution in [3.63, 3.8) is 0 Å². The number of hydrogen-bond donors (Lipinski definition) is 2. The number of primary amides is 1. The van der Waals surface area contributed by atoms with Gasteiger partial charge in [-0.1, -0.05) is 6.07 Å². The maximum absolute atomic E-state index is 13.6. The lowest BCUT2D eigenvalue weighted by molar-refractivity contribution is -0.114. The summed E-state index contributed by atoms with van der Waals surface area (Å²) in [5.41, 5.74) is 8.50. The van der Waals surface area contributed by atoms with Crippen LogP contribution in [0.15, 0.2) is 18.2 Å². The lowest BCUT2D eigenvalue weighted by Crippen LogP contribution is -2.16. The van der Waals surface area contributed by atoms with E-state index in [1.807, 2.05) is 0 Å². The molecule has 2 amide bonds. The van der Waals surface area contributed by atoms with Crippen LogP contribution >= 0.6 is 11.3 Å². The van der Waals surface area contributed by atoms with Crippen LogP contribution < -0.4 is 11.1 Å². The molecule has 0 unspecified atom stereocenters. The first kappa shape index (κ1) is 14.7. The Bertz CT molecular complexity index is 783. The van der Waals surface area contributed by atoms with Gasteiger partial charge in [-0.3, -0.25) is 9.59 Å². The molecule has 4 nitrogen and oxygen atoms in total. The third-order valence-corrected chi connectivity index (χ3v) is 4.91. The number of halogens is 1. The van der Waals surface area contributed by atoms with Crippen LogP contribution in [0.5, 0.6) is 0 Å². The number of nitrogens with one attached hydrogen (secondary N) is 1. The van der Waals surface area contributed by atoms with Crippen molar-refractivity contribution in [2.75, 3.05) is 5.32 Å². The molecule has 0 radical (unpaired) electrons. The number of rotatable bonds is 2. The molecule has 2 aromatic rings. The average Bonchev–Trinajstić information content (AvgIpc) is 2.69. The van der Waals surface area contributed by atoms with E-state index in [9.17, 15) is 14.0 Å². The second kappa shape index (κ2) is 5.53. The van der Waals surface area contributed by atoms with Gasteiger partial charge < -0.3 is 11.1 Å². The Morgan fingerprint density at radius 2 is 2.09 bits per heavy atom. The van der Waals surface area contributed by atoms with Gasteiger partial charge in [-0.25, -0.2) is 4.39 Å². The highest BCUT2D eigenvalue weighted by Gasteiger charge is 2.26. The first-order valence-electron chi connectivity index (χ1n) is 6.99. The minimum atomic E-state index is -0.568. The monoisotopic (exact) mass is 318 g/mol. The molecule has 0 bridgehead atoms. The minimum Gasteiger partial charge on any atom is -0.365 e. The van der Waals surface area contributed by atoms with Crippen molar-refractivity contribution in [1.82, 2.24) is 0 Å². The van der Waals surface area contributed by atoms with Gasteiger partial charge in [0.1, 0.15) is 10.8 Å². The SMILES string of the molecule is CC(=O)Nc1sc2c(c1C(N)=O)CCCc1ccc(F)cc1-2. The molecule has 0 saturated heterocycles. The third-order valence-electron chi connectivity index (χ3n) is 3.73. The van der Waals surface area contributed by atoms with Gasteiger partial charge in [0.25, 0.3) is 5.91 Å². The molecule has 0 aliphatic heterocycles. The summed E-state index contributed by atoms with van der Waals surface area (Å²) in [6, 6.07) is 4.71. The van der Waals surface area contributed by atoms with Crippen molar-refractivity contribution >= 4 is 28.2 Å². The van der Waals surface area contributed by atoms with E-state index in [1.165, 1.54) is 30.4 Å². The molecular formula is C16H15FN2O2S. The predicted molar refractivity (Wildman–Crippen MR) is 84.6 cm³/mol. The van der Waals surface area contributed by atoms with E-state index in [1.54, 1.807) is 6.07 Å². The van der Waals surface area contributed by atoms with Gasteiger partial charge in [-0.15, -0.1) is 11.3 Å². The number of benzene rings is 1. The number of thiophene rings is 1. The summed E-state index contributed by atoms with van der Waals surface area (Å²) in [7, 11) is 0. The van der Waals surface area contributed by atoms with Crippen molar-refractivity contribution in [3.8, 4) is 10.4 Å². The lowest BCUT2D eigenvalue weighted by Gasteiger charge is -2.05. The van der Waals surface area contributed by atoms with Crippen LogP contribution in [0.1, 0.15) is 34.8 Å². The van der Waals surface area contributed by atoms with Gasteiger partial charge in [-0.2, -0.15) is 0 Å². The smallest absolute Gasteiger partial charge is 0.252 e. The van der Waals surface area contributed by atoms with E-state index < -0.39 is 5.91 Å². The molecule has 0 saturated carbocycles. The molecule has 0 spiro atoms. The van der Waals surface area contributed by atoms with Crippen molar-refractivity contribution in [3.05, 3.63) is 40.7 Å². The standard InChI is InChI=1S/C16H15FN2O2S/c1-8(20)19-16-13(15(18)21)11-4-2-3-9-5-6-10(17)7-12(9)14(11)22-16/h5-7H,2-4H2,1H3,(H2,18,21)(H,19,20). The van der Waals surface area contributed by atoms with E-state index in [0.717, 1.165) is 34.4 Å². The highest BCUT2D eigenvalue weighted by Crippen LogP contribution is 2.44. The molecule has 114 valence electrons. The van der Waals surface area contributed by atoms with Crippen LogP contribution in [-0.2, 0) is 17.6 Å². The molecule has 6 heteroatoms. The van der Waals surface area contributed by atoms with Gasteiger partial charge in [0.2, 0.25) is 5.91 Å². The van der Waals surface area contributed by atoms with Crippen molar-refractivity contribution in [2.45, 2.75) is 26.2 Å². The predicted octanol–water partition coefficient (Wildman–Crippen LogP) is 3.10. The van der Waals surface area contributed by atoms with Crippen LogP contribution in [0.2, 0.25) is 0 Å². The quantitative estimate of drug-likeness (QED) is 0.893. The summed E-state index contributed by atoms with van der Waals surface area (Å²) < 4.78 is 13.6. The maximum Gasteiger partial charge on any atom is 0.252 e. The normalized spacial score (nSPS) is 13.0. The molecule has 1 heterocycles. The Hall–Kier alpha value is -2.21. The van der Waals surface area contributed by atoms with Crippen LogP contribution in [0.4, 0.5) is 9.39 Å². The van der Waals surface area contributed by atoms with Gasteiger partial charge in [-0.05, 0) is 48.1 Å². The highest BCUT2D eigenvalue weighted by molar-refractivity contribution is 7.20. The Morgan fingerprint density at radius 1 is 1.32 bits per heavy atom. The fraction of sp³-hybridized carbons (Fsp3) is 0.250. The Labute approximate surface area is 131 Å². The van der Waals surface area contributed by atoms with Crippen LogP contribution in [-0.4, -0.2) is 11.8 Å². The zero-order chi connectivity index (χ0) is 15.9. The van der Waals surface area contributed by atoms with Gasteiger partial charge in [0.05, 0.1) is 5.56 Å². The molecule has 0 atom stereocenters. The van der Waals surface area contributed by atoms with E-state index in [4.69, 9.17) is 5.73 Å².